The lowest BCUT2D eigenvalue weighted by Crippen LogP contribution is -2.40. The molecule has 1 saturated carbocycles. The fourth-order valence-electron chi connectivity index (χ4n) is 5.71. The van der Waals surface area contributed by atoms with Crippen LogP contribution in [0.25, 0.3) is 22.1 Å². The van der Waals surface area contributed by atoms with Crippen LogP contribution >= 0.6 is 0 Å². The van der Waals surface area contributed by atoms with E-state index in [1.807, 2.05) is 45.0 Å². The van der Waals surface area contributed by atoms with Crippen LogP contribution in [0.3, 0.4) is 0 Å². The maximum atomic E-state index is 13.3. The fraction of sp³-hybridized carbons (Fsp3) is 0.533. The summed E-state index contributed by atoms with van der Waals surface area (Å²) in [6.45, 7) is 6.71. The molecule has 9 heteroatoms. The van der Waals surface area contributed by atoms with Crippen molar-refractivity contribution < 1.29 is 22.4 Å². The Morgan fingerprint density at radius 3 is 2.36 bits per heavy atom. The Kier molecular flexibility index (Phi) is 8.12. The van der Waals surface area contributed by atoms with Crippen LogP contribution in [-0.2, 0) is 21.2 Å². The summed E-state index contributed by atoms with van der Waals surface area (Å²) in [5, 5.41) is 4.40. The van der Waals surface area contributed by atoms with Gasteiger partial charge in [0, 0.05) is 35.7 Å². The zero-order valence-corrected chi connectivity index (χ0v) is 23.9. The lowest BCUT2D eigenvalue weighted by molar-refractivity contribution is 0.0680. The van der Waals surface area contributed by atoms with Crippen LogP contribution in [0.15, 0.2) is 45.7 Å². The number of hydrogen-bond donors (Lipinski definition) is 2. The van der Waals surface area contributed by atoms with Gasteiger partial charge in [0.25, 0.3) is 5.89 Å². The first-order valence-corrected chi connectivity index (χ1v) is 15.5. The molecule has 5 rings (SSSR count). The minimum atomic E-state index is -3.77. The van der Waals surface area contributed by atoms with Crippen molar-refractivity contribution in [2.75, 3.05) is 13.2 Å². The van der Waals surface area contributed by atoms with Gasteiger partial charge in [0.05, 0.1) is 10.6 Å². The van der Waals surface area contributed by atoms with Gasteiger partial charge in [-0.15, -0.1) is 0 Å². The first kappa shape index (κ1) is 27.8. The molecule has 210 valence electrons. The van der Waals surface area contributed by atoms with Gasteiger partial charge >= 0.3 is 5.91 Å². The zero-order chi connectivity index (χ0) is 27.6. The van der Waals surface area contributed by atoms with Crippen LogP contribution in [0, 0.1) is 5.92 Å². The van der Waals surface area contributed by atoms with E-state index in [1.54, 1.807) is 12.1 Å². The van der Waals surface area contributed by atoms with Crippen molar-refractivity contribution in [2.45, 2.75) is 88.6 Å². The highest BCUT2D eigenvalue weighted by atomic mass is 32.2. The van der Waals surface area contributed by atoms with Crippen molar-refractivity contribution in [1.82, 2.24) is 15.0 Å². The van der Waals surface area contributed by atoms with E-state index < -0.39 is 15.6 Å². The highest BCUT2D eigenvalue weighted by Crippen LogP contribution is 2.37. The molecule has 2 fully saturated rings. The topological polar surface area (TPSA) is 111 Å². The monoisotopic (exact) mass is 553 g/mol. The van der Waals surface area contributed by atoms with E-state index in [1.165, 1.54) is 19.3 Å². The molecule has 2 heterocycles. The molecule has 1 aromatic heterocycles. The van der Waals surface area contributed by atoms with Gasteiger partial charge in [-0.05, 0) is 63.5 Å². The third kappa shape index (κ3) is 6.53. The predicted molar refractivity (Wildman–Crippen MR) is 151 cm³/mol. The Morgan fingerprint density at radius 1 is 0.974 bits per heavy atom. The van der Waals surface area contributed by atoms with E-state index in [9.17, 15) is 13.2 Å². The predicted octanol–water partition coefficient (Wildman–Crippen LogP) is 5.60. The minimum Gasteiger partial charge on any atom is -0.432 e. The van der Waals surface area contributed by atoms with Gasteiger partial charge in [0.2, 0.25) is 10.0 Å². The van der Waals surface area contributed by atoms with Crippen molar-refractivity contribution in [2.24, 2.45) is 5.92 Å². The number of oxazole rings is 1. The number of sulfonamides is 1. The quantitative estimate of drug-likeness (QED) is 0.394. The normalized spacial score (nSPS) is 17.9. The van der Waals surface area contributed by atoms with Crippen LogP contribution < -0.4 is 10.0 Å². The first-order valence-electron chi connectivity index (χ1n) is 14.1. The summed E-state index contributed by atoms with van der Waals surface area (Å²) in [6, 6.07) is 10.9. The average Bonchev–Trinajstić information content (AvgIpc) is 3.31. The Bertz CT molecular complexity index is 1430. The summed E-state index contributed by atoms with van der Waals surface area (Å²) < 4.78 is 41.0. The van der Waals surface area contributed by atoms with E-state index in [-0.39, 0.29) is 22.7 Å². The van der Waals surface area contributed by atoms with Crippen molar-refractivity contribution >= 4 is 26.7 Å². The molecule has 1 amide bonds. The van der Waals surface area contributed by atoms with Crippen LogP contribution in [0.1, 0.15) is 82.1 Å². The Hall–Kier alpha value is -2.75. The molecule has 39 heavy (non-hydrogen) atoms. The molecular weight excluding hydrogens is 514 g/mol. The second-order valence-corrected chi connectivity index (χ2v) is 13.5. The Balaban J connectivity index is 1.56. The number of carbonyl (C=O) groups excluding carboxylic acids is 1. The third-order valence-corrected chi connectivity index (χ3v) is 9.33. The fourth-order valence-corrected chi connectivity index (χ4v) is 7.34. The largest absolute Gasteiger partial charge is 0.432 e. The third-order valence-electron chi connectivity index (χ3n) is 7.51. The zero-order valence-electron chi connectivity index (χ0n) is 23.1. The molecule has 0 unspecified atom stereocenters. The van der Waals surface area contributed by atoms with Gasteiger partial charge in [-0.2, -0.15) is 0 Å². The molecule has 2 aliphatic rings. The number of amides is 1. The van der Waals surface area contributed by atoms with E-state index in [0.29, 0.717) is 30.3 Å². The molecule has 0 radical (unpaired) electrons. The molecule has 1 saturated heterocycles. The Labute approximate surface area is 231 Å². The summed E-state index contributed by atoms with van der Waals surface area (Å²) in [5.41, 5.74) is 0.875. The van der Waals surface area contributed by atoms with Crippen molar-refractivity contribution in [3.05, 3.63) is 48.0 Å². The number of hydrogen-bond acceptors (Lipinski definition) is 6. The van der Waals surface area contributed by atoms with Crippen molar-refractivity contribution in [3.8, 4) is 11.3 Å². The van der Waals surface area contributed by atoms with E-state index in [2.05, 4.69) is 10.0 Å². The van der Waals surface area contributed by atoms with Gasteiger partial charge in [-0.3, -0.25) is 4.79 Å². The second kappa shape index (κ2) is 11.4. The van der Waals surface area contributed by atoms with Crippen LogP contribution in [0.5, 0.6) is 0 Å². The molecule has 8 nitrogen and oxygen atoms in total. The van der Waals surface area contributed by atoms with Gasteiger partial charge < -0.3 is 14.5 Å². The lowest BCUT2D eigenvalue weighted by Gasteiger charge is -2.22. The molecule has 0 spiro atoms. The molecule has 0 atom stereocenters. The summed E-state index contributed by atoms with van der Waals surface area (Å²) in [7, 11) is -3.77. The molecule has 2 aromatic carbocycles. The highest BCUT2D eigenvalue weighted by Gasteiger charge is 2.29. The van der Waals surface area contributed by atoms with Gasteiger partial charge in [0.1, 0.15) is 0 Å². The summed E-state index contributed by atoms with van der Waals surface area (Å²) >= 11 is 0. The number of nitrogens with one attached hydrogen (secondary N) is 2. The molecule has 3 aromatic rings. The maximum Gasteiger partial charge on any atom is 0.307 e. The number of rotatable bonds is 7. The molecule has 0 bridgehead atoms. The van der Waals surface area contributed by atoms with Crippen LogP contribution in [-0.4, -0.2) is 44.1 Å². The number of fused-ring (bicyclic) bond motifs is 1. The number of aromatic nitrogens is 1. The standard InChI is InChI=1S/C30H39N3O5S/c1-30(2,3)33-39(35,36)26-14-13-24(22-11-7-8-12-23(22)26)27-25(19-20-9-5-4-6-10-20)32-29(38-27)28(34)31-21-15-17-37-18-16-21/h7-8,11-14,20-21,33H,4-6,9-10,15-19H2,1-3H3,(H,31,34). The first-order chi connectivity index (χ1) is 18.6. The van der Waals surface area contributed by atoms with Crippen molar-refractivity contribution in [3.63, 3.8) is 0 Å². The molecule has 1 aliphatic heterocycles. The van der Waals surface area contributed by atoms with Gasteiger partial charge in [0.15, 0.2) is 5.76 Å². The van der Waals surface area contributed by atoms with E-state index >= 15 is 0 Å². The van der Waals surface area contributed by atoms with Gasteiger partial charge in [-0.1, -0.05) is 56.4 Å². The molecule has 1 aliphatic carbocycles. The van der Waals surface area contributed by atoms with Crippen LogP contribution in [0.2, 0.25) is 0 Å². The molecular formula is C30H39N3O5S. The summed E-state index contributed by atoms with van der Waals surface area (Å²) in [6.07, 6.45) is 8.16. The summed E-state index contributed by atoms with van der Waals surface area (Å²) in [4.78, 5) is 18.1. The number of ether oxygens (including phenoxy) is 1. The Morgan fingerprint density at radius 2 is 1.67 bits per heavy atom. The SMILES string of the molecule is CC(C)(C)NS(=O)(=O)c1ccc(-c2oc(C(=O)NC3CCOCC3)nc2CC2CCCCC2)c2ccccc12. The van der Waals surface area contributed by atoms with E-state index in [4.69, 9.17) is 14.1 Å². The number of carbonyl (C=O) groups is 1. The van der Waals surface area contributed by atoms with Crippen molar-refractivity contribution in [1.29, 1.82) is 0 Å². The number of benzene rings is 2. The lowest BCUT2D eigenvalue weighted by atomic mass is 9.85. The molecule has 2 N–H and O–H groups in total. The smallest absolute Gasteiger partial charge is 0.307 e. The van der Waals surface area contributed by atoms with Gasteiger partial charge in [-0.25, -0.2) is 18.1 Å². The second-order valence-electron chi connectivity index (χ2n) is 11.9. The maximum absolute atomic E-state index is 13.3. The van der Waals surface area contributed by atoms with Crippen LogP contribution in [0.4, 0.5) is 0 Å². The number of nitrogens with zero attached hydrogens (tertiary/aromatic N) is 1. The highest BCUT2D eigenvalue weighted by molar-refractivity contribution is 7.89. The summed E-state index contributed by atoms with van der Waals surface area (Å²) in [5.74, 6) is 0.755. The average molecular weight is 554 g/mol. The minimum absolute atomic E-state index is 0.0315. The van der Waals surface area contributed by atoms with E-state index in [0.717, 1.165) is 48.7 Å².